The molecule has 0 atom stereocenters. The molecular formula is C15H12N4O. The first-order valence-electron chi connectivity index (χ1n) is 6.23. The van der Waals surface area contributed by atoms with E-state index in [-0.39, 0.29) is 5.56 Å². The molecular weight excluding hydrogens is 252 g/mol. The Balaban J connectivity index is 1.92. The standard InChI is InChI=1S/C15H12N4O/c20-15-13-9-5-4-8-12(13)14(18-19-15)17-16-10-11-6-2-1-3-7-11/h1-9H,10H2,(H,19,20). The average Bonchev–Trinajstić information content (AvgIpc) is 2.51. The van der Waals surface area contributed by atoms with Crippen molar-refractivity contribution in [2.45, 2.75) is 6.54 Å². The molecule has 0 amide bonds. The molecule has 5 nitrogen and oxygen atoms in total. The van der Waals surface area contributed by atoms with Gasteiger partial charge in [-0.15, -0.1) is 10.2 Å². The molecule has 0 aliphatic carbocycles. The number of hydrogen-bond donors (Lipinski definition) is 1. The van der Waals surface area contributed by atoms with Gasteiger partial charge < -0.3 is 0 Å². The Kier molecular flexibility index (Phi) is 3.33. The minimum atomic E-state index is -0.220. The Morgan fingerprint density at radius 3 is 2.45 bits per heavy atom. The van der Waals surface area contributed by atoms with Crippen LogP contribution in [0.15, 0.2) is 69.6 Å². The minimum Gasteiger partial charge on any atom is -0.267 e. The van der Waals surface area contributed by atoms with Crippen LogP contribution in [0.25, 0.3) is 10.8 Å². The van der Waals surface area contributed by atoms with Gasteiger partial charge in [0, 0.05) is 5.39 Å². The van der Waals surface area contributed by atoms with Crippen LogP contribution in [0.4, 0.5) is 5.82 Å². The summed E-state index contributed by atoms with van der Waals surface area (Å²) in [5.74, 6) is 0.427. The molecule has 0 aliphatic heterocycles. The van der Waals surface area contributed by atoms with Gasteiger partial charge in [0.1, 0.15) is 0 Å². The van der Waals surface area contributed by atoms with Crippen LogP contribution in [0.2, 0.25) is 0 Å². The fourth-order valence-corrected chi connectivity index (χ4v) is 1.94. The summed E-state index contributed by atoms with van der Waals surface area (Å²) < 4.78 is 0. The largest absolute Gasteiger partial charge is 0.272 e. The van der Waals surface area contributed by atoms with Gasteiger partial charge in [0.05, 0.1) is 11.9 Å². The van der Waals surface area contributed by atoms with Gasteiger partial charge in [-0.1, -0.05) is 48.5 Å². The van der Waals surface area contributed by atoms with Crippen molar-refractivity contribution in [3.05, 3.63) is 70.5 Å². The Morgan fingerprint density at radius 1 is 0.950 bits per heavy atom. The SMILES string of the molecule is O=c1[nH]nc(N=NCc2ccccc2)c2ccccc12. The second-order valence-electron chi connectivity index (χ2n) is 4.31. The third-order valence-electron chi connectivity index (χ3n) is 2.94. The highest BCUT2D eigenvalue weighted by Crippen LogP contribution is 2.20. The molecule has 0 spiro atoms. The van der Waals surface area contributed by atoms with Crippen LogP contribution in [-0.4, -0.2) is 10.2 Å². The number of azo groups is 1. The molecule has 5 heteroatoms. The number of aromatic amines is 1. The van der Waals surface area contributed by atoms with Gasteiger partial charge >= 0.3 is 0 Å². The van der Waals surface area contributed by atoms with Crippen LogP contribution in [0.3, 0.4) is 0 Å². The number of nitrogens with zero attached hydrogens (tertiary/aromatic N) is 3. The number of H-pyrrole nitrogens is 1. The molecule has 20 heavy (non-hydrogen) atoms. The molecule has 0 bridgehead atoms. The first kappa shape index (κ1) is 12.2. The number of benzene rings is 2. The van der Waals surface area contributed by atoms with Crippen molar-refractivity contribution in [1.82, 2.24) is 10.2 Å². The van der Waals surface area contributed by atoms with Crippen LogP contribution in [0.1, 0.15) is 5.56 Å². The molecule has 0 saturated carbocycles. The van der Waals surface area contributed by atoms with Crippen LogP contribution in [-0.2, 0) is 6.54 Å². The Bertz CT molecular complexity index is 809. The lowest BCUT2D eigenvalue weighted by Crippen LogP contribution is -2.07. The first-order chi connectivity index (χ1) is 9.84. The summed E-state index contributed by atoms with van der Waals surface area (Å²) in [6.45, 7) is 0.482. The van der Waals surface area contributed by atoms with Gasteiger partial charge in [0.25, 0.3) is 5.56 Å². The van der Waals surface area contributed by atoms with Crippen molar-refractivity contribution in [3.8, 4) is 0 Å². The molecule has 0 radical (unpaired) electrons. The highest BCUT2D eigenvalue weighted by molar-refractivity contribution is 5.89. The Morgan fingerprint density at radius 2 is 1.65 bits per heavy atom. The zero-order valence-corrected chi connectivity index (χ0v) is 10.7. The summed E-state index contributed by atoms with van der Waals surface area (Å²) in [5, 5.41) is 15.9. The van der Waals surface area contributed by atoms with Gasteiger partial charge in [-0.05, 0) is 11.6 Å². The highest BCUT2D eigenvalue weighted by atomic mass is 16.1. The molecule has 0 fully saturated rings. The van der Waals surface area contributed by atoms with E-state index in [1.807, 2.05) is 48.5 Å². The summed E-state index contributed by atoms with van der Waals surface area (Å²) in [6.07, 6.45) is 0. The minimum absolute atomic E-state index is 0.220. The summed E-state index contributed by atoms with van der Waals surface area (Å²) in [6, 6.07) is 17.0. The highest BCUT2D eigenvalue weighted by Gasteiger charge is 2.04. The summed E-state index contributed by atoms with van der Waals surface area (Å²) in [7, 11) is 0. The lowest BCUT2D eigenvalue weighted by Gasteiger charge is -1.98. The van der Waals surface area contributed by atoms with Crippen LogP contribution in [0, 0.1) is 0 Å². The van der Waals surface area contributed by atoms with Crippen molar-refractivity contribution in [3.63, 3.8) is 0 Å². The maximum Gasteiger partial charge on any atom is 0.272 e. The Labute approximate surface area is 115 Å². The number of hydrogen-bond acceptors (Lipinski definition) is 4. The van der Waals surface area contributed by atoms with Gasteiger partial charge in [0.2, 0.25) is 5.82 Å². The predicted octanol–water partition coefficient (Wildman–Crippen LogP) is 3.21. The zero-order valence-electron chi connectivity index (χ0n) is 10.7. The fraction of sp³-hybridized carbons (Fsp3) is 0.0667. The van der Waals surface area contributed by atoms with Gasteiger partial charge in [-0.2, -0.15) is 5.11 Å². The monoisotopic (exact) mass is 264 g/mol. The van der Waals surface area contributed by atoms with Gasteiger partial charge in [-0.25, -0.2) is 5.10 Å². The van der Waals surface area contributed by atoms with Crippen molar-refractivity contribution in [2.75, 3.05) is 0 Å². The summed E-state index contributed by atoms with van der Waals surface area (Å²) in [4.78, 5) is 11.6. The topological polar surface area (TPSA) is 70.5 Å². The smallest absolute Gasteiger partial charge is 0.267 e. The molecule has 2 aromatic carbocycles. The third kappa shape index (κ3) is 2.47. The van der Waals surface area contributed by atoms with Crippen molar-refractivity contribution in [1.29, 1.82) is 0 Å². The predicted molar refractivity (Wildman–Crippen MR) is 77.0 cm³/mol. The molecule has 0 saturated heterocycles. The molecule has 1 aromatic heterocycles. The number of fused-ring (bicyclic) bond motifs is 1. The van der Waals surface area contributed by atoms with Crippen LogP contribution < -0.4 is 5.56 Å². The van der Waals surface area contributed by atoms with Gasteiger partial charge in [0.15, 0.2) is 0 Å². The molecule has 0 unspecified atom stereocenters. The fourth-order valence-electron chi connectivity index (χ4n) is 1.94. The molecule has 0 aliphatic rings. The van der Waals surface area contributed by atoms with E-state index >= 15 is 0 Å². The summed E-state index contributed by atoms with van der Waals surface area (Å²) >= 11 is 0. The number of aromatic nitrogens is 2. The van der Waals surface area contributed by atoms with E-state index in [1.165, 1.54) is 0 Å². The van der Waals surface area contributed by atoms with Gasteiger partial charge in [-0.3, -0.25) is 4.79 Å². The third-order valence-corrected chi connectivity index (χ3v) is 2.94. The molecule has 1 heterocycles. The lowest BCUT2D eigenvalue weighted by molar-refractivity contribution is 0.920. The molecule has 98 valence electrons. The van der Waals surface area contributed by atoms with E-state index in [0.717, 1.165) is 5.56 Å². The number of nitrogens with one attached hydrogen (secondary N) is 1. The average molecular weight is 264 g/mol. The van der Waals surface area contributed by atoms with E-state index in [4.69, 9.17) is 0 Å². The van der Waals surface area contributed by atoms with E-state index in [9.17, 15) is 4.79 Å². The van der Waals surface area contributed by atoms with E-state index in [2.05, 4.69) is 20.4 Å². The maximum atomic E-state index is 11.6. The molecule has 3 aromatic rings. The normalized spacial score (nSPS) is 11.2. The molecule has 3 rings (SSSR count). The van der Waals surface area contributed by atoms with Crippen molar-refractivity contribution < 1.29 is 0 Å². The lowest BCUT2D eigenvalue weighted by atomic mass is 10.2. The first-order valence-corrected chi connectivity index (χ1v) is 6.23. The van der Waals surface area contributed by atoms with Crippen LogP contribution >= 0.6 is 0 Å². The maximum absolute atomic E-state index is 11.6. The van der Waals surface area contributed by atoms with Crippen LogP contribution in [0.5, 0.6) is 0 Å². The summed E-state index contributed by atoms with van der Waals surface area (Å²) in [5.41, 5.74) is 0.854. The molecule has 1 N–H and O–H groups in total. The van der Waals surface area contributed by atoms with Crippen molar-refractivity contribution in [2.24, 2.45) is 10.2 Å². The van der Waals surface area contributed by atoms with E-state index < -0.39 is 0 Å². The second-order valence-corrected chi connectivity index (χ2v) is 4.31. The second kappa shape index (κ2) is 5.44. The quantitative estimate of drug-likeness (QED) is 0.738. The zero-order chi connectivity index (χ0) is 13.8. The van der Waals surface area contributed by atoms with Crippen molar-refractivity contribution >= 4 is 16.6 Å². The number of rotatable bonds is 3. The van der Waals surface area contributed by atoms with E-state index in [0.29, 0.717) is 23.1 Å². The van der Waals surface area contributed by atoms with E-state index in [1.54, 1.807) is 6.07 Å². The Hall–Kier alpha value is -2.82.